The van der Waals surface area contributed by atoms with Crippen molar-refractivity contribution in [2.24, 2.45) is 5.41 Å². The van der Waals surface area contributed by atoms with Gasteiger partial charge in [-0.05, 0) is 18.3 Å². The van der Waals surface area contributed by atoms with E-state index < -0.39 is 17.4 Å². The molecule has 0 saturated heterocycles. The molecule has 0 spiro atoms. The van der Waals surface area contributed by atoms with Gasteiger partial charge in [0.05, 0.1) is 17.8 Å². The Labute approximate surface area is 130 Å². The van der Waals surface area contributed by atoms with E-state index in [2.05, 4.69) is 10.4 Å². The van der Waals surface area contributed by atoms with Crippen molar-refractivity contribution in [3.63, 3.8) is 0 Å². The van der Waals surface area contributed by atoms with Gasteiger partial charge < -0.3 is 10.4 Å². The minimum Gasteiger partial charge on any atom is -0.480 e. The van der Waals surface area contributed by atoms with Crippen LogP contribution in [0.15, 0.2) is 12.4 Å². The Kier molecular flexibility index (Phi) is 4.88. The van der Waals surface area contributed by atoms with E-state index in [-0.39, 0.29) is 5.91 Å². The number of carbonyl (C=O) groups is 2. The van der Waals surface area contributed by atoms with Gasteiger partial charge in [0.2, 0.25) is 0 Å². The van der Waals surface area contributed by atoms with Crippen LogP contribution in [-0.2, 0) is 4.79 Å². The zero-order chi connectivity index (χ0) is 16.3. The molecule has 122 valence electrons. The lowest BCUT2D eigenvalue weighted by atomic mass is 9.86. The zero-order valence-corrected chi connectivity index (χ0v) is 13.5. The Morgan fingerprint density at radius 1 is 1.32 bits per heavy atom. The molecule has 1 aromatic rings. The van der Waals surface area contributed by atoms with Gasteiger partial charge in [0.1, 0.15) is 6.04 Å². The second kappa shape index (κ2) is 6.50. The average molecular weight is 307 g/mol. The number of hydrogen-bond acceptors (Lipinski definition) is 3. The lowest BCUT2D eigenvalue weighted by Crippen LogP contribution is -2.49. The molecule has 0 radical (unpaired) electrons. The van der Waals surface area contributed by atoms with E-state index in [9.17, 15) is 14.7 Å². The molecule has 1 aliphatic carbocycles. The Hall–Kier alpha value is -1.85. The van der Waals surface area contributed by atoms with Crippen molar-refractivity contribution in [3.8, 4) is 0 Å². The third kappa shape index (κ3) is 3.87. The molecule has 0 unspecified atom stereocenters. The Bertz CT molecular complexity index is 539. The summed E-state index contributed by atoms with van der Waals surface area (Å²) < 4.78 is 1.85. The predicted molar refractivity (Wildman–Crippen MR) is 82.7 cm³/mol. The number of carboxylic acids is 1. The maximum Gasteiger partial charge on any atom is 0.326 e. The summed E-state index contributed by atoms with van der Waals surface area (Å²) in [5.41, 5.74) is -0.137. The third-order valence-corrected chi connectivity index (χ3v) is 4.20. The summed E-state index contributed by atoms with van der Waals surface area (Å²) >= 11 is 0. The van der Waals surface area contributed by atoms with Crippen molar-refractivity contribution in [2.75, 3.05) is 0 Å². The molecule has 22 heavy (non-hydrogen) atoms. The van der Waals surface area contributed by atoms with Crippen LogP contribution in [0.4, 0.5) is 0 Å². The number of hydrogen-bond donors (Lipinski definition) is 2. The largest absolute Gasteiger partial charge is 0.480 e. The number of rotatable bonds is 4. The maximum atomic E-state index is 12.3. The summed E-state index contributed by atoms with van der Waals surface area (Å²) in [5, 5.41) is 16.2. The molecule has 1 amide bonds. The summed E-state index contributed by atoms with van der Waals surface area (Å²) in [7, 11) is 0. The number of amides is 1. The van der Waals surface area contributed by atoms with Crippen molar-refractivity contribution >= 4 is 11.9 Å². The fraction of sp³-hybridized carbons (Fsp3) is 0.688. The first kappa shape index (κ1) is 16.5. The molecular formula is C16H25N3O3. The van der Waals surface area contributed by atoms with Crippen molar-refractivity contribution in [1.82, 2.24) is 15.1 Å². The zero-order valence-electron chi connectivity index (χ0n) is 13.5. The minimum atomic E-state index is -1.03. The van der Waals surface area contributed by atoms with E-state index in [4.69, 9.17) is 0 Å². The summed E-state index contributed by atoms with van der Waals surface area (Å²) in [6.07, 6.45) is 9.06. The summed E-state index contributed by atoms with van der Waals surface area (Å²) in [4.78, 5) is 23.6. The SMILES string of the molecule is CC(C)(C)[C@H](NC(=O)c1cnn(C2CCCCC2)c1)C(=O)O. The number of nitrogens with one attached hydrogen (secondary N) is 1. The fourth-order valence-electron chi connectivity index (χ4n) is 2.86. The van der Waals surface area contributed by atoms with Crippen LogP contribution in [0.2, 0.25) is 0 Å². The first-order valence-corrected chi connectivity index (χ1v) is 7.87. The summed E-state index contributed by atoms with van der Waals surface area (Å²) in [6, 6.07) is -0.578. The van der Waals surface area contributed by atoms with E-state index in [1.807, 2.05) is 4.68 Å². The molecule has 0 aromatic carbocycles. The van der Waals surface area contributed by atoms with E-state index in [0.717, 1.165) is 12.8 Å². The lowest BCUT2D eigenvalue weighted by molar-refractivity contribution is -0.142. The van der Waals surface area contributed by atoms with Crippen LogP contribution in [0.25, 0.3) is 0 Å². The van der Waals surface area contributed by atoms with Gasteiger partial charge in [0.15, 0.2) is 0 Å². The van der Waals surface area contributed by atoms with E-state index in [1.165, 1.54) is 25.5 Å². The molecule has 2 N–H and O–H groups in total. The first-order chi connectivity index (χ1) is 10.3. The van der Waals surface area contributed by atoms with Gasteiger partial charge in [-0.15, -0.1) is 0 Å². The summed E-state index contributed by atoms with van der Waals surface area (Å²) in [6.45, 7) is 5.37. The van der Waals surface area contributed by atoms with E-state index in [0.29, 0.717) is 11.6 Å². The standard InChI is InChI=1S/C16H25N3O3/c1-16(2,3)13(15(21)22)18-14(20)11-9-17-19(10-11)12-7-5-4-6-8-12/h9-10,12-13H,4-8H2,1-3H3,(H,18,20)(H,21,22)/t13-/m1/s1. The Morgan fingerprint density at radius 2 is 1.95 bits per heavy atom. The monoisotopic (exact) mass is 307 g/mol. The minimum absolute atomic E-state index is 0.355. The highest BCUT2D eigenvalue weighted by Gasteiger charge is 2.33. The molecule has 2 rings (SSSR count). The normalized spacial score (nSPS) is 18.0. The number of aromatic nitrogens is 2. The predicted octanol–water partition coefficient (Wildman–Crippen LogP) is 2.62. The third-order valence-electron chi connectivity index (χ3n) is 4.20. The number of carboxylic acid groups (broad SMARTS) is 1. The smallest absolute Gasteiger partial charge is 0.326 e. The Morgan fingerprint density at radius 3 is 2.50 bits per heavy atom. The molecule has 1 aliphatic rings. The van der Waals surface area contributed by atoms with E-state index >= 15 is 0 Å². The van der Waals surface area contributed by atoms with Gasteiger partial charge in [0.25, 0.3) is 5.91 Å². The fourth-order valence-corrected chi connectivity index (χ4v) is 2.86. The van der Waals surface area contributed by atoms with Crippen LogP contribution in [0.3, 0.4) is 0 Å². The maximum absolute atomic E-state index is 12.3. The van der Waals surface area contributed by atoms with Crippen molar-refractivity contribution in [1.29, 1.82) is 0 Å². The highest BCUT2D eigenvalue weighted by molar-refractivity contribution is 5.96. The van der Waals surface area contributed by atoms with Gasteiger partial charge >= 0.3 is 5.97 Å². The molecule has 1 atom stereocenters. The molecule has 0 aliphatic heterocycles. The second-order valence-electron chi connectivity index (χ2n) is 7.11. The molecular weight excluding hydrogens is 282 g/mol. The number of aliphatic carboxylic acids is 1. The van der Waals surface area contributed by atoms with Crippen LogP contribution in [-0.4, -0.2) is 32.8 Å². The van der Waals surface area contributed by atoms with Gasteiger partial charge in [-0.25, -0.2) is 4.79 Å². The number of nitrogens with zero attached hydrogens (tertiary/aromatic N) is 2. The van der Waals surface area contributed by atoms with Gasteiger partial charge in [-0.2, -0.15) is 5.10 Å². The molecule has 1 saturated carbocycles. The quantitative estimate of drug-likeness (QED) is 0.895. The number of carbonyl (C=O) groups excluding carboxylic acids is 1. The van der Waals surface area contributed by atoms with Crippen LogP contribution >= 0.6 is 0 Å². The van der Waals surface area contributed by atoms with Crippen molar-refractivity contribution < 1.29 is 14.7 Å². The highest BCUT2D eigenvalue weighted by Crippen LogP contribution is 2.27. The molecule has 0 bridgehead atoms. The first-order valence-electron chi connectivity index (χ1n) is 7.87. The van der Waals surface area contributed by atoms with E-state index in [1.54, 1.807) is 27.0 Å². The van der Waals surface area contributed by atoms with Gasteiger partial charge in [-0.1, -0.05) is 40.0 Å². The molecule has 6 nitrogen and oxygen atoms in total. The molecule has 6 heteroatoms. The molecule has 1 fully saturated rings. The van der Waals surface area contributed by atoms with Crippen LogP contribution < -0.4 is 5.32 Å². The van der Waals surface area contributed by atoms with Crippen LogP contribution in [0, 0.1) is 5.41 Å². The highest BCUT2D eigenvalue weighted by atomic mass is 16.4. The van der Waals surface area contributed by atoms with Crippen molar-refractivity contribution in [3.05, 3.63) is 18.0 Å². The van der Waals surface area contributed by atoms with Crippen LogP contribution in [0.1, 0.15) is 69.3 Å². The summed E-state index contributed by atoms with van der Waals surface area (Å²) in [5.74, 6) is -1.41. The van der Waals surface area contributed by atoms with Crippen molar-refractivity contribution in [2.45, 2.75) is 65.0 Å². The molecule has 1 aromatic heterocycles. The Balaban J connectivity index is 2.06. The van der Waals surface area contributed by atoms with Crippen LogP contribution in [0.5, 0.6) is 0 Å². The topological polar surface area (TPSA) is 84.2 Å². The van der Waals surface area contributed by atoms with Gasteiger partial charge in [0, 0.05) is 6.20 Å². The average Bonchev–Trinajstić information content (AvgIpc) is 2.93. The van der Waals surface area contributed by atoms with Gasteiger partial charge in [-0.3, -0.25) is 9.48 Å². The lowest BCUT2D eigenvalue weighted by Gasteiger charge is -2.27. The molecule has 1 heterocycles. The second-order valence-corrected chi connectivity index (χ2v) is 7.11.